The second-order valence-corrected chi connectivity index (χ2v) is 7.10. The summed E-state index contributed by atoms with van der Waals surface area (Å²) in [6.45, 7) is 0.678. The summed E-state index contributed by atoms with van der Waals surface area (Å²) in [7, 11) is 1.83. The van der Waals surface area contributed by atoms with Gasteiger partial charge in [0.25, 0.3) is 11.5 Å². The number of carbonyl (C=O) groups excluding carboxylic acids is 1. The fourth-order valence-electron chi connectivity index (χ4n) is 4.14. The summed E-state index contributed by atoms with van der Waals surface area (Å²) in [5.74, 6) is 0.623. The van der Waals surface area contributed by atoms with Crippen molar-refractivity contribution in [1.82, 2.24) is 14.9 Å². The van der Waals surface area contributed by atoms with Gasteiger partial charge in [-0.2, -0.15) is 0 Å². The number of carbonyl (C=O) groups is 1. The highest BCUT2D eigenvalue weighted by molar-refractivity contribution is 5.94. The van der Waals surface area contributed by atoms with E-state index < -0.39 is 0 Å². The van der Waals surface area contributed by atoms with Crippen molar-refractivity contribution in [2.24, 2.45) is 0 Å². The van der Waals surface area contributed by atoms with E-state index in [9.17, 15) is 9.59 Å². The molecule has 6 heteroatoms. The number of pyridine rings is 2. The molecule has 1 saturated heterocycles. The van der Waals surface area contributed by atoms with Crippen LogP contribution in [-0.2, 0) is 12.8 Å². The molecule has 0 bridgehead atoms. The van der Waals surface area contributed by atoms with Crippen molar-refractivity contribution in [2.45, 2.75) is 44.6 Å². The number of nitrogens with one attached hydrogen (secondary N) is 2. The first-order valence-corrected chi connectivity index (χ1v) is 9.37. The topological polar surface area (TPSA) is 78.1 Å². The molecule has 1 aliphatic heterocycles. The third kappa shape index (κ3) is 3.00. The summed E-state index contributed by atoms with van der Waals surface area (Å²) >= 11 is 0. The first-order valence-electron chi connectivity index (χ1n) is 9.37. The molecule has 1 aliphatic carbocycles. The standard InChI is InChI=1S/C20H24N4O2/c1-21-18-12-14(8-9-22-18)17-7-4-10-24(17)20(26)15-11-13-5-2-3-6-16(13)23-19(15)25/h8-9,11-12,17H,2-7,10H2,1H3,(H,21,22)(H,23,25)/t17-/m0/s1. The van der Waals surface area contributed by atoms with Gasteiger partial charge in [-0.3, -0.25) is 9.59 Å². The maximum atomic E-state index is 13.2. The quantitative estimate of drug-likeness (QED) is 0.890. The van der Waals surface area contributed by atoms with Crippen molar-refractivity contribution in [3.8, 4) is 0 Å². The summed E-state index contributed by atoms with van der Waals surface area (Å²) in [5, 5.41) is 3.04. The number of hydrogen-bond acceptors (Lipinski definition) is 4. The number of rotatable bonds is 3. The van der Waals surface area contributed by atoms with Crippen molar-refractivity contribution in [3.05, 3.63) is 57.1 Å². The Hall–Kier alpha value is -2.63. The van der Waals surface area contributed by atoms with Crippen molar-refractivity contribution in [1.29, 1.82) is 0 Å². The molecule has 0 spiro atoms. The van der Waals surface area contributed by atoms with Gasteiger partial charge in [-0.1, -0.05) is 0 Å². The zero-order chi connectivity index (χ0) is 18.1. The molecular weight excluding hydrogens is 328 g/mol. The van der Waals surface area contributed by atoms with Gasteiger partial charge in [-0.05, 0) is 67.9 Å². The van der Waals surface area contributed by atoms with Crippen LogP contribution >= 0.6 is 0 Å². The van der Waals surface area contributed by atoms with E-state index in [0.29, 0.717) is 6.54 Å². The van der Waals surface area contributed by atoms with Crippen molar-refractivity contribution >= 4 is 11.7 Å². The van der Waals surface area contributed by atoms with Crippen LogP contribution in [0.2, 0.25) is 0 Å². The number of amides is 1. The predicted molar refractivity (Wildman–Crippen MR) is 100 cm³/mol. The van der Waals surface area contributed by atoms with Gasteiger partial charge in [0, 0.05) is 25.5 Å². The summed E-state index contributed by atoms with van der Waals surface area (Å²) in [6.07, 6.45) is 7.65. The van der Waals surface area contributed by atoms with Gasteiger partial charge in [0.1, 0.15) is 11.4 Å². The summed E-state index contributed by atoms with van der Waals surface area (Å²) < 4.78 is 0. The summed E-state index contributed by atoms with van der Waals surface area (Å²) in [4.78, 5) is 34.7. The maximum absolute atomic E-state index is 13.2. The summed E-state index contributed by atoms with van der Waals surface area (Å²) in [5.41, 5.74) is 3.21. The van der Waals surface area contributed by atoms with Gasteiger partial charge in [-0.15, -0.1) is 0 Å². The fourth-order valence-corrected chi connectivity index (χ4v) is 4.14. The maximum Gasteiger partial charge on any atom is 0.261 e. The molecule has 3 heterocycles. The van der Waals surface area contributed by atoms with Gasteiger partial charge in [0.05, 0.1) is 6.04 Å². The molecule has 4 rings (SSSR count). The molecule has 2 aromatic heterocycles. The minimum atomic E-state index is -0.257. The average molecular weight is 352 g/mol. The predicted octanol–water partition coefficient (Wildman–Crippen LogP) is 2.67. The molecule has 1 atom stereocenters. The zero-order valence-corrected chi connectivity index (χ0v) is 15.0. The van der Waals surface area contributed by atoms with Crippen LogP contribution in [0.15, 0.2) is 29.2 Å². The first kappa shape index (κ1) is 16.8. The van der Waals surface area contributed by atoms with Crippen LogP contribution < -0.4 is 10.9 Å². The Labute approximate surface area is 152 Å². The molecule has 0 saturated carbocycles. The van der Waals surface area contributed by atoms with Crippen LogP contribution in [-0.4, -0.2) is 34.4 Å². The number of H-pyrrole nitrogens is 1. The van der Waals surface area contributed by atoms with Crippen LogP contribution in [0, 0.1) is 0 Å². The lowest BCUT2D eigenvalue weighted by Gasteiger charge is -2.26. The van der Waals surface area contributed by atoms with Gasteiger partial charge in [0.2, 0.25) is 0 Å². The van der Waals surface area contributed by atoms with Gasteiger partial charge in [-0.25, -0.2) is 4.98 Å². The Morgan fingerprint density at radius 3 is 2.96 bits per heavy atom. The van der Waals surface area contributed by atoms with E-state index in [1.54, 1.807) is 6.20 Å². The summed E-state index contributed by atoms with van der Waals surface area (Å²) in [6, 6.07) is 5.76. The first-order chi connectivity index (χ1) is 12.7. The van der Waals surface area contributed by atoms with Gasteiger partial charge < -0.3 is 15.2 Å². The number of aromatic amines is 1. The highest BCUT2D eigenvalue weighted by atomic mass is 16.2. The van der Waals surface area contributed by atoms with Crippen LogP contribution in [0.1, 0.15) is 58.9 Å². The monoisotopic (exact) mass is 352 g/mol. The molecule has 0 radical (unpaired) electrons. The smallest absolute Gasteiger partial charge is 0.261 e. The normalized spacial score (nSPS) is 19.3. The second kappa shape index (κ2) is 6.94. The number of nitrogens with zero attached hydrogens (tertiary/aromatic N) is 2. The lowest BCUT2D eigenvalue weighted by Crippen LogP contribution is -2.35. The highest BCUT2D eigenvalue weighted by Crippen LogP contribution is 2.33. The molecule has 1 amide bonds. The van der Waals surface area contributed by atoms with Crippen molar-refractivity contribution in [2.75, 3.05) is 18.9 Å². The molecule has 2 aromatic rings. The fraction of sp³-hybridized carbons (Fsp3) is 0.450. The lowest BCUT2D eigenvalue weighted by atomic mass is 9.94. The number of aryl methyl sites for hydroxylation is 2. The third-order valence-electron chi connectivity index (χ3n) is 5.51. The second-order valence-electron chi connectivity index (χ2n) is 7.10. The molecule has 1 fully saturated rings. The highest BCUT2D eigenvalue weighted by Gasteiger charge is 2.32. The molecular formula is C20H24N4O2. The minimum absolute atomic E-state index is 0.00645. The number of aromatic nitrogens is 2. The molecule has 26 heavy (non-hydrogen) atoms. The van der Waals surface area contributed by atoms with E-state index in [0.717, 1.165) is 61.2 Å². The number of fused-ring (bicyclic) bond motifs is 1. The van der Waals surface area contributed by atoms with Crippen LogP contribution in [0.5, 0.6) is 0 Å². The van der Waals surface area contributed by atoms with E-state index in [1.807, 2.05) is 30.1 Å². The van der Waals surface area contributed by atoms with E-state index in [1.165, 1.54) is 0 Å². The van der Waals surface area contributed by atoms with Gasteiger partial charge in [0.15, 0.2) is 0 Å². The molecule has 0 aromatic carbocycles. The Morgan fingerprint density at radius 2 is 2.12 bits per heavy atom. The Kier molecular flexibility index (Phi) is 4.49. The SMILES string of the molecule is CNc1cc([C@@H]2CCCN2C(=O)c2cc3c([nH]c2=O)CCCC3)ccn1. The van der Waals surface area contributed by atoms with Gasteiger partial charge >= 0.3 is 0 Å². The molecule has 0 unspecified atom stereocenters. The van der Waals surface area contributed by atoms with Crippen LogP contribution in [0.4, 0.5) is 5.82 Å². The largest absolute Gasteiger partial charge is 0.373 e. The Morgan fingerprint density at radius 1 is 1.27 bits per heavy atom. The number of hydrogen-bond donors (Lipinski definition) is 2. The van der Waals surface area contributed by atoms with Crippen molar-refractivity contribution in [3.63, 3.8) is 0 Å². The molecule has 136 valence electrons. The molecule has 2 aliphatic rings. The van der Waals surface area contributed by atoms with Crippen molar-refractivity contribution < 1.29 is 4.79 Å². The Bertz CT molecular complexity index is 890. The van der Waals surface area contributed by atoms with Crippen LogP contribution in [0.3, 0.4) is 0 Å². The van der Waals surface area contributed by atoms with E-state index in [4.69, 9.17) is 0 Å². The van der Waals surface area contributed by atoms with Crippen LogP contribution in [0.25, 0.3) is 0 Å². The molecule has 2 N–H and O–H groups in total. The zero-order valence-electron chi connectivity index (χ0n) is 15.0. The number of likely N-dealkylation sites (tertiary alicyclic amines) is 1. The average Bonchev–Trinajstić information content (AvgIpc) is 3.17. The van der Waals surface area contributed by atoms with E-state index in [2.05, 4.69) is 15.3 Å². The lowest BCUT2D eigenvalue weighted by molar-refractivity contribution is 0.0733. The van der Waals surface area contributed by atoms with E-state index >= 15 is 0 Å². The number of anilines is 1. The third-order valence-corrected chi connectivity index (χ3v) is 5.51. The molecule has 6 nitrogen and oxygen atoms in total. The Balaban J connectivity index is 1.66. The van der Waals surface area contributed by atoms with E-state index in [-0.39, 0.29) is 23.1 Å². The minimum Gasteiger partial charge on any atom is -0.373 e.